The largest absolute Gasteiger partial charge is 0.361 e. The molecule has 4 heteroatoms. The average Bonchev–Trinajstić information content (AvgIpc) is 1.66. The maximum atomic E-state index is 11.9. The maximum absolute atomic E-state index is 11.9. The van der Waals surface area contributed by atoms with E-state index in [1.54, 1.807) is 0 Å². The first-order valence-electron chi connectivity index (χ1n) is 2.38. The molecule has 1 rings (SSSR count). The van der Waals surface area contributed by atoms with Gasteiger partial charge in [0.2, 0.25) is 0 Å². The van der Waals surface area contributed by atoms with Crippen molar-refractivity contribution in [3.63, 3.8) is 0 Å². The second kappa shape index (κ2) is 1.63. The molecule has 2 N–H and O–H groups in total. The molecule has 1 aliphatic rings. The summed E-state index contributed by atoms with van der Waals surface area (Å²) in [6.45, 7) is 0.108. The highest BCUT2D eigenvalue weighted by Gasteiger charge is 2.49. The Hall–Kier alpha value is -0.220. The van der Waals surface area contributed by atoms with Crippen molar-refractivity contribution in [3.05, 3.63) is 0 Å². The molecule has 1 atom stereocenters. The molecule has 1 aliphatic heterocycles. The van der Waals surface area contributed by atoms with Gasteiger partial charge in [-0.1, -0.05) is 0 Å². The smallest absolute Gasteiger partial charge is 0.330 e. The molecule has 0 aromatic carbocycles. The third-order valence-electron chi connectivity index (χ3n) is 1.24. The van der Waals surface area contributed by atoms with Crippen LogP contribution < -0.4 is 5.73 Å². The van der Waals surface area contributed by atoms with Crippen molar-refractivity contribution in [2.24, 2.45) is 11.7 Å². The van der Waals surface area contributed by atoms with Gasteiger partial charge < -0.3 is 10.5 Å². The molecule has 0 aliphatic carbocycles. The Balaban J connectivity index is 2.37. The number of rotatable bonds is 1. The first kappa shape index (κ1) is 5.91. The first-order valence-corrected chi connectivity index (χ1v) is 2.38. The minimum Gasteiger partial charge on any atom is -0.330 e. The Bertz CT molecular complexity index is 94.0. The van der Waals surface area contributed by atoms with Gasteiger partial charge in [0.1, 0.15) is 0 Å². The van der Waals surface area contributed by atoms with Crippen LogP contribution in [0, 0.1) is 5.92 Å². The summed E-state index contributed by atoms with van der Waals surface area (Å²) < 4.78 is 27.7. The van der Waals surface area contributed by atoms with Crippen LogP contribution in [0.25, 0.3) is 0 Å². The lowest BCUT2D eigenvalue weighted by atomic mass is 10.1. The standard InChI is InChI=1S/C4H7F2NO/c5-4(6)3(1-7)2-8-4/h3H,1-2,7H2. The molecule has 0 bridgehead atoms. The minimum absolute atomic E-state index is 0.00694. The second-order valence-corrected chi connectivity index (χ2v) is 1.81. The van der Waals surface area contributed by atoms with Gasteiger partial charge in [-0.2, -0.15) is 8.78 Å². The van der Waals surface area contributed by atoms with Gasteiger partial charge in [0.05, 0.1) is 12.5 Å². The third-order valence-corrected chi connectivity index (χ3v) is 1.24. The Morgan fingerprint density at radius 1 is 1.75 bits per heavy atom. The first-order chi connectivity index (χ1) is 3.67. The van der Waals surface area contributed by atoms with Crippen molar-refractivity contribution >= 4 is 0 Å². The lowest BCUT2D eigenvalue weighted by Gasteiger charge is -2.34. The quantitative estimate of drug-likeness (QED) is 0.540. The van der Waals surface area contributed by atoms with E-state index in [9.17, 15) is 8.78 Å². The van der Waals surface area contributed by atoms with Gasteiger partial charge >= 0.3 is 6.11 Å². The van der Waals surface area contributed by atoms with Crippen molar-refractivity contribution in [2.45, 2.75) is 6.11 Å². The summed E-state index contributed by atoms with van der Waals surface area (Å²) in [5, 5.41) is 0. The molecule has 1 unspecified atom stereocenters. The maximum Gasteiger partial charge on any atom is 0.361 e. The molecule has 1 saturated heterocycles. The van der Waals surface area contributed by atoms with Crippen LogP contribution in [0.1, 0.15) is 0 Å². The van der Waals surface area contributed by atoms with E-state index in [1.807, 2.05) is 0 Å². The number of nitrogens with two attached hydrogens (primary N) is 1. The van der Waals surface area contributed by atoms with Gasteiger partial charge in [-0.3, -0.25) is 0 Å². The van der Waals surface area contributed by atoms with E-state index >= 15 is 0 Å². The summed E-state index contributed by atoms with van der Waals surface area (Å²) in [6.07, 6.45) is -2.94. The fourth-order valence-corrected chi connectivity index (χ4v) is 0.532. The van der Waals surface area contributed by atoms with Crippen LogP contribution in [0.5, 0.6) is 0 Å². The molecule has 2 nitrogen and oxygen atoms in total. The topological polar surface area (TPSA) is 35.2 Å². The van der Waals surface area contributed by atoms with Gasteiger partial charge in [-0.05, 0) is 0 Å². The average molecular weight is 123 g/mol. The molecule has 1 fully saturated rings. The van der Waals surface area contributed by atoms with Gasteiger partial charge in [0.15, 0.2) is 0 Å². The van der Waals surface area contributed by atoms with Crippen molar-refractivity contribution in [2.75, 3.05) is 13.2 Å². The lowest BCUT2D eigenvalue weighted by molar-refractivity contribution is -0.354. The third kappa shape index (κ3) is 0.695. The SMILES string of the molecule is NCC1COC1(F)F. The monoisotopic (exact) mass is 123 g/mol. The van der Waals surface area contributed by atoms with Crippen LogP contribution in [0.3, 0.4) is 0 Å². The van der Waals surface area contributed by atoms with Crippen LogP contribution in [0.4, 0.5) is 8.78 Å². The van der Waals surface area contributed by atoms with Crippen LogP contribution in [0.15, 0.2) is 0 Å². The summed E-state index contributed by atoms with van der Waals surface area (Å²) in [7, 11) is 0. The van der Waals surface area contributed by atoms with Crippen molar-refractivity contribution in [1.29, 1.82) is 0 Å². The predicted molar refractivity (Wildman–Crippen MR) is 23.4 cm³/mol. The van der Waals surface area contributed by atoms with E-state index < -0.39 is 12.0 Å². The van der Waals surface area contributed by atoms with E-state index in [0.29, 0.717) is 0 Å². The van der Waals surface area contributed by atoms with Crippen LogP contribution in [-0.4, -0.2) is 19.3 Å². The number of alkyl halides is 2. The zero-order valence-electron chi connectivity index (χ0n) is 4.23. The fraction of sp³-hybridized carbons (Fsp3) is 1.00. The molecule has 0 aromatic heterocycles. The highest BCUT2D eigenvalue weighted by molar-refractivity contribution is 4.77. The van der Waals surface area contributed by atoms with E-state index in [1.165, 1.54) is 0 Å². The normalized spacial score (nSPS) is 34.1. The van der Waals surface area contributed by atoms with Gasteiger partial charge in [0.25, 0.3) is 0 Å². The van der Waals surface area contributed by atoms with Gasteiger partial charge in [0, 0.05) is 6.54 Å². The summed E-state index contributed by atoms with van der Waals surface area (Å²) in [6, 6.07) is 0. The highest BCUT2D eigenvalue weighted by Crippen LogP contribution is 2.34. The van der Waals surface area contributed by atoms with Crippen molar-refractivity contribution in [1.82, 2.24) is 0 Å². The molecule has 0 spiro atoms. The molecule has 48 valence electrons. The number of halogens is 2. The zero-order valence-corrected chi connectivity index (χ0v) is 4.23. The molecule has 0 radical (unpaired) electrons. The Morgan fingerprint density at radius 3 is 2.38 bits per heavy atom. The zero-order chi connectivity index (χ0) is 6.20. The fourth-order valence-electron chi connectivity index (χ4n) is 0.532. The van der Waals surface area contributed by atoms with Crippen LogP contribution in [0.2, 0.25) is 0 Å². The number of hydrogen-bond acceptors (Lipinski definition) is 2. The highest BCUT2D eigenvalue weighted by atomic mass is 19.3. The summed E-state index contributed by atoms with van der Waals surface area (Å²) in [4.78, 5) is 0. The van der Waals surface area contributed by atoms with Crippen LogP contribution in [-0.2, 0) is 4.74 Å². The van der Waals surface area contributed by atoms with Crippen LogP contribution >= 0.6 is 0 Å². The summed E-state index contributed by atoms with van der Waals surface area (Å²) in [5.41, 5.74) is 4.95. The number of hydrogen-bond donors (Lipinski definition) is 1. The molecule has 0 saturated carbocycles. The molecule has 8 heavy (non-hydrogen) atoms. The Kier molecular flexibility index (Phi) is 1.21. The van der Waals surface area contributed by atoms with Gasteiger partial charge in [-0.25, -0.2) is 0 Å². The number of ether oxygens (including phenoxy) is 1. The molecule has 1 heterocycles. The minimum atomic E-state index is -2.94. The van der Waals surface area contributed by atoms with E-state index in [-0.39, 0.29) is 13.2 Å². The van der Waals surface area contributed by atoms with E-state index in [2.05, 4.69) is 4.74 Å². The second-order valence-electron chi connectivity index (χ2n) is 1.81. The van der Waals surface area contributed by atoms with E-state index in [4.69, 9.17) is 5.73 Å². The molecular formula is C4H7F2NO. The Morgan fingerprint density at radius 2 is 2.38 bits per heavy atom. The molecule has 0 amide bonds. The predicted octanol–water partition coefficient (Wildman–Crippen LogP) is 0.184. The molecular weight excluding hydrogens is 116 g/mol. The van der Waals surface area contributed by atoms with Crippen molar-refractivity contribution in [3.8, 4) is 0 Å². The lowest BCUT2D eigenvalue weighted by Crippen LogP contribution is -2.50. The van der Waals surface area contributed by atoms with Crippen molar-refractivity contribution < 1.29 is 13.5 Å². The summed E-state index contributed by atoms with van der Waals surface area (Å²) in [5.74, 6) is -0.748. The molecule has 0 aromatic rings. The van der Waals surface area contributed by atoms with E-state index in [0.717, 1.165) is 0 Å². The van der Waals surface area contributed by atoms with Gasteiger partial charge in [-0.15, -0.1) is 0 Å². The Labute approximate surface area is 45.6 Å². The summed E-state index contributed by atoms with van der Waals surface area (Å²) >= 11 is 0.